The quantitative estimate of drug-likeness (QED) is 0.233. The van der Waals surface area contributed by atoms with Crippen molar-refractivity contribution in [1.82, 2.24) is 10.6 Å². The summed E-state index contributed by atoms with van der Waals surface area (Å²) in [6.45, 7) is 0.0132. The van der Waals surface area contributed by atoms with Gasteiger partial charge >= 0.3 is 6.18 Å². The van der Waals surface area contributed by atoms with Crippen LogP contribution in [0, 0.1) is 5.82 Å². The maximum atomic E-state index is 13.2. The van der Waals surface area contributed by atoms with Crippen LogP contribution in [0.1, 0.15) is 16.7 Å². The summed E-state index contributed by atoms with van der Waals surface area (Å²) in [7, 11) is -2.35. The number of nitrogens with zero attached hydrogens (tertiary/aromatic N) is 1. The van der Waals surface area contributed by atoms with Gasteiger partial charge in [0.2, 0.25) is 10.0 Å². The molecule has 0 aliphatic carbocycles. The van der Waals surface area contributed by atoms with Gasteiger partial charge in [0.25, 0.3) is 0 Å². The Morgan fingerprint density at radius 3 is 2.17 bits per heavy atom. The van der Waals surface area contributed by atoms with E-state index in [9.17, 15) is 26.0 Å². The van der Waals surface area contributed by atoms with Gasteiger partial charge in [-0.05, 0) is 35.4 Å². The highest BCUT2D eigenvalue weighted by molar-refractivity contribution is 14.0. The number of sulfonamides is 1. The molecular weight excluding hydrogens is 527 g/mol. The molecule has 2 rings (SSSR count). The number of guanidine groups is 1. The number of benzene rings is 2. The summed E-state index contributed by atoms with van der Waals surface area (Å²) in [4.78, 5) is 3.87. The minimum atomic E-state index is -4.68. The van der Waals surface area contributed by atoms with Crippen LogP contribution >= 0.6 is 24.0 Å². The lowest BCUT2D eigenvalue weighted by atomic mass is 10.1. The van der Waals surface area contributed by atoms with Crippen molar-refractivity contribution in [3.05, 3.63) is 65.0 Å². The standard InChI is InChI=1S/C17H18F4N4O2S.HI/c1-23-16(24-9-11-2-6-14(7-3-11)28(22,26)27)25-10-12-4-5-13(18)8-15(12)17(19,20)21;/h2-8H,9-10H2,1H3,(H2,22,26,27)(H2,23,24,25);1H. The lowest BCUT2D eigenvalue weighted by Crippen LogP contribution is -2.36. The monoisotopic (exact) mass is 546 g/mol. The third kappa shape index (κ3) is 7.44. The molecule has 0 fully saturated rings. The molecule has 160 valence electrons. The highest BCUT2D eigenvalue weighted by Crippen LogP contribution is 2.32. The fraction of sp³-hybridized carbons (Fsp3) is 0.235. The largest absolute Gasteiger partial charge is 0.416 e. The van der Waals surface area contributed by atoms with Gasteiger partial charge in [0.05, 0.1) is 10.5 Å². The van der Waals surface area contributed by atoms with E-state index in [2.05, 4.69) is 15.6 Å². The Kier molecular flexibility index (Phi) is 8.84. The molecule has 6 nitrogen and oxygen atoms in total. The van der Waals surface area contributed by atoms with Gasteiger partial charge in [-0.1, -0.05) is 18.2 Å². The van der Waals surface area contributed by atoms with Crippen molar-refractivity contribution >= 4 is 40.0 Å². The van der Waals surface area contributed by atoms with Gasteiger partial charge in [-0.25, -0.2) is 17.9 Å². The fourth-order valence-corrected chi connectivity index (χ4v) is 2.86. The maximum absolute atomic E-state index is 13.2. The number of nitrogens with two attached hydrogens (primary N) is 1. The lowest BCUT2D eigenvalue weighted by molar-refractivity contribution is -0.138. The Balaban J connectivity index is 0.00000420. The molecule has 0 heterocycles. The van der Waals surface area contributed by atoms with Crippen molar-refractivity contribution in [2.24, 2.45) is 10.1 Å². The van der Waals surface area contributed by atoms with Gasteiger partial charge in [-0.2, -0.15) is 13.2 Å². The second-order valence-electron chi connectivity index (χ2n) is 5.77. The van der Waals surface area contributed by atoms with Gasteiger partial charge in [0, 0.05) is 20.1 Å². The van der Waals surface area contributed by atoms with Crippen molar-refractivity contribution in [2.75, 3.05) is 7.05 Å². The van der Waals surface area contributed by atoms with E-state index in [4.69, 9.17) is 5.14 Å². The molecule has 0 bridgehead atoms. The van der Waals surface area contributed by atoms with Gasteiger partial charge in [0.1, 0.15) is 5.82 Å². The molecule has 0 aromatic heterocycles. The Labute approximate surface area is 182 Å². The summed E-state index contributed by atoms with van der Waals surface area (Å²) in [5, 5.41) is 10.6. The number of rotatable bonds is 5. The number of aliphatic imine (C=N–C) groups is 1. The number of hydrogen-bond donors (Lipinski definition) is 3. The van der Waals surface area contributed by atoms with Crippen LogP contribution in [0.2, 0.25) is 0 Å². The first-order valence-electron chi connectivity index (χ1n) is 7.92. The highest BCUT2D eigenvalue weighted by atomic mass is 127. The molecule has 4 N–H and O–H groups in total. The summed E-state index contributed by atoms with van der Waals surface area (Å²) < 4.78 is 74.7. The first kappa shape index (κ1) is 25.1. The number of primary sulfonamides is 1. The van der Waals surface area contributed by atoms with Crippen LogP contribution in [0.25, 0.3) is 0 Å². The smallest absolute Gasteiger partial charge is 0.352 e. The number of nitrogens with one attached hydrogen (secondary N) is 2. The Morgan fingerprint density at radius 1 is 1.07 bits per heavy atom. The van der Waals surface area contributed by atoms with Crippen molar-refractivity contribution in [2.45, 2.75) is 24.2 Å². The van der Waals surface area contributed by atoms with Crippen molar-refractivity contribution in [3.63, 3.8) is 0 Å². The van der Waals surface area contributed by atoms with Crippen LogP contribution in [-0.4, -0.2) is 21.4 Å². The molecule has 12 heteroatoms. The van der Waals surface area contributed by atoms with Crippen LogP contribution in [0.15, 0.2) is 52.4 Å². The molecule has 0 aliphatic heterocycles. The molecule has 2 aromatic rings. The van der Waals surface area contributed by atoms with Gasteiger partial charge in [-0.3, -0.25) is 4.99 Å². The van der Waals surface area contributed by atoms with Crippen LogP contribution < -0.4 is 15.8 Å². The third-order valence-electron chi connectivity index (χ3n) is 3.76. The summed E-state index contributed by atoms with van der Waals surface area (Å²) in [5.41, 5.74) is -0.489. The van der Waals surface area contributed by atoms with E-state index in [0.29, 0.717) is 11.6 Å². The summed E-state index contributed by atoms with van der Waals surface area (Å²) in [6.07, 6.45) is -4.68. The van der Waals surface area contributed by atoms with Crippen molar-refractivity contribution < 1.29 is 26.0 Å². The Morgan fingerprint density at radius 2 is 1.66 bits per heavy atom. The molecule has 0 aliphatic rings. The van der Waals surface area contributed by atoms with E-state index < -0.39 is 27.6 Å². The normalized spacial score (nSPS) is 12.3. The molecule has 0 saturated carbocycles. The molecule has 0 amide bonds. The maximum Gasteiger partial charge on any atom is 0.416 e. The van der Waals surface area contributed by atoms with E-state index in [1.165, 1.54) is 19.2 Å². The summed E-state index contributed by atoms with van der Waals surface area (Å²) in [6, 6.07) is 8.23. The first-order valence-corrected chi connectivity index (χ1v) is 9.47. The minimum Gasteiger partial charge on any atom is -0.352 e. The van der Waals surface area contributed by atoms with Gasteiger partial charge in [0.15, 0.2) is 5.96 Å². The highest BCUT2D eigenvalue weighted by Gasteiger charge is 2.33. The van der Waals surface area contributed by atoms with E-state index in [-0.39, 0.29) is 53.5 Å². The van der Waals surface area contributed by atoms with E-state index in [1.807, 2.05) is 0 Å². The zero-order chi connectivity index (χ0) is 20.9. The van der Waals surface area contributed by atoms with Crippen LogP contribution in [0.5, 0.6) is 0 Å². The van der Waals surface area contributed by atoms with Crippen LogP contribution in [-0.2, 0) is 29.3 Å². The molecule has 2 aromatic carbocycles. The Bertz CT molecular complexity index is 964. The van der Waals surface area contributed by atoms with Crippen LogP contribution in [0.4, 0.5) is 17.6 Å². The van der Waals surface area contributed by atoms with Gasteiger partial charge in [-0.15, -0.1) is 24.0 Å². The van der Waals surface area contributed by atoms with E-state index >= 15 is 0 Å². The van der Waals surface area contributed by atoms with Crippen LogP contribution in [0.3, 0.4) is 0 Å². The molecule has 0 spiro atoms. The lowest BCUT2D eigenvalue weighted by Gasteiger charge is -2.16. The predicted octanol–water partition coefficient (Wildman–Crippen LogP) is 2.98. The molecular formula is C17H19F4IN4O2S. The van der Waals surface area contributed by atoms with Gasteiger partial charge < -0.3 is 10.6 Å². The molecule has 0 atom stereocenters. The summed E-state index contributed by atoms with van der Waals surface area (Å²) in [5.74, 6) is -0.755. The zero-order valence-electron chi connectivity index (χ0n) is 15.1. The third-order valence-corrected chi connectivity index (χ3v) is 4.69. The van der Waals surface area contributed by atoms with Crippen molar-refractivity contribution in [1.29, 1.82) is 0 Å². The number of alkyl halides is 3. The van der Waals surface area contributed by atoms with E-state index in [0.717, 1.165) is 12.1 Å². The first-order chi connectivity index (χ1) is 13.0. The summed E-state index contributed by atoms with van der Waals surface area (Å²) >= 11 is 0. The number of hydrogen-bond acceptors (Lipinski definition) is 3. The zero-order valence-corrected chi connectivity index (χ0v) is 18.3. The second kappa shape index (κ2) is 10.2. The molecule has 29 heavy (non-hydrogen) atoms. The fourth-order valence-electron chi connectivity index (χ4n) is 2.35. The topological polar surface area (TPSA) is 96.6 Å². The minimum absolute atomic E-state index is 0. The molecule has 0 unspecified atom stereocenters. The molecule has 0 radical (unpaired) electrons. The molecule has 0 saturated heterocycles. The Hall–Kier alpha value is -1.93. The van der Waals surface area contributed by atoms with Crippen molar-refractivity contribution in [3.8, 4) is 0 Å². The predicted molar refractivity (Wildman–Crippen MR) is 112 cm³/mol. The SMILES string of the molecule is CN=C(NCc1ccc(S(N)(=O)=O)cc1)NCc1ccc(F)cc1C(F)(F)F.I. The second-order valence-corrected chi connectivity index (χ2v) is 7.33. The average Bonchev–Trinajstić information content (AvgIpc) is 2.61. The number of halogens is 5. The van der Waals surface area contributed by atoms with E-state index in [1.54, 1.807) is 12.1 Å². The average molecular weight is 546 g/mol.